The predicted octanol–water partition coefficient (Wildman–Crippen LogP) is 12.2. The molecule has 3 nitrogen and oxygen atoms in total. The lowest BCUT2D eigenvalue weighted by Gasteiger charge is -2.18. The van der Waals surface area contributed by atoms with Gasteiger partial charge in [-0.05, 0) is 67.1 Å². The Morgan fingerprint density at radius 2 is 0.760 bits per heavy atom. The van der Waals surface area contributed by atoms with E-state index in [9.17, 15) is 0 Å². The summed E-state index contributed by atoms with van der Waals surface area (Å²) < 4.78 is 0. The highest BCUT2D eigenvalue weighted by molar-refractivity contribution is 6.05. The number of fused-ring (bicyclic) bond motifs is 2. The van der Waals surface area contributed by atoms with Crippen LogP contribution in [0, 0.1) is 0 Å². The molecule has 0 saturated carbocycles. The topological polar surface area (TPSA) is 38.7 Å². The van der Waals surface area contributed by atoms with E-state index in [4.69, 9.17) is 15.0 Å². The number of hydrogen-bond donors (Lipinski definition) is 0. The maximum atomic E-state index is 5.03. The van der Waals surface area contributed by atoms with E-state index >= 15 is 0 Å². The van der Waals surface area contributed by atoms with Crippen molar-refractivity contribution in [2.45, 2.75) is 0 Å². The second kappa shape index (κ2) is 12.7. The first kappa shape index (κ1) is 29.4. The fourth-order valence-electron chi connectivity index (χ4n) is 6.90. The zero-order chi connectivity index (χ0) is 33.3. The summed E-state index contributed by atoms with van der Waals surface area (Å²) in [4.78, 5) is 15.0. The minimum Gasteiger partial charge on any atom is -0.208 e. The second-order valence-electron chi connectivity index (χ2n) is 12.4. The molecule has 1 heterocycles. The van der Waals surface area contributed by atoms with Crippen LogP contribution >= 0.6 is 0 Å². The van der Waals surface area contributed by atoms with Gasteiger partial charge in [-0.25, -0.2) is 15.0 Å². The van der Waals surface area contributed by atoms with Crippen LogP contribution in [0.25, 0.3) is 89.1 Å². The molecule has 234 valence electrons. The van der Waals surface area contributed by atoms with E-state index < -0.39 is 0 Å². The smallest absolute Gasteiger partial charge is 0.164 e. The van der Waals surface area contributed by atoms with Crippen molar-refractivity contribution in [1.82, 2.24) is 15.0 Å². The van der Waals surface area contributed by atoms with Crippen LogP contribution in [0.3, 0.4) is 0 Å². The summed E-state index contributed by atoms with van der Waals surface area (Å²) in [5.41, 5.74) is 9.84. The zero-order valence-electron chi connectivity index (χ0n) is 27.2. The van der Waals surface area contributed by atoms with Crippen LogP contribution in [0.15, 0.2) is 188 Å². The Balaban J connectivity index is 1.26. The van der Waals surface area contributed by atoms with Gasteiger partial charge in [0.2, 0.25) is 0 Å². The first-order chi connectivity index (χ1) is 24.8. The molecule has 9 rings (SSSR count). The van der Waals surface area contributed by atoms with Crippen molar-refractivity contribution in [2.24, 2.45) is 0 Å². The minimum atomic E-state index is 0.636. The largest absolute Gasteiger partial charge is 0.208 e. The van der Waals surface area contributed by atoms with Crippen LogP contribution < -0.4 is 0 Å². The molecule has 0 radical (unpaired) electrons. The molecule has 0 spiro atoms. The molecule has 0 fully saturated rings. The lowest BCUT2D eigenvalue weighted by atomic mass is 9.85. The number of rotatable bonds is 6. The molecule has 0 N–H and O–H groups in total. The summed E-state index contributed by atoms with van der Waals surface area (Å²) in [6, 6.07) is 66.1. The summed E-state index contributed by atoms with van der Waals surface area (Å²) in [6.45, 7) is 0. The predicted molar refractivity (Wildman–Crippen MR) is 207 cm³/mol. The first-order valence-electron chi connectivity index (χ1n) is 16.9. The molecule has 0 unspecified atom stereocenters. The van der Waals surface area contributed by atoms with Crippen LogP contribution in [0.2, 0.25) is 0 Å². The molecule has 0 aliphatic rings. The van der Waals surface area contributed by atoms with Crippen LogP contribution in [0.1, 0.15) is 0 Å². The summed E-state index contributed by atoms with van der Waals surface area (Å²) in [6.07, 6.45) is 0. The van der Waals surface area contributed by atoms with Crippen LogP contribution in [0.4, 0.5) is 0 Å². The van der Waals surface area contributed by atoms with Crippen molar-refractivity contribution in [3.63, 3.8) is 0 Å². The third kappa shape index (κ3) is 5.51. The standard InChI is InChI=1S/C47H31N3/c1-3-16-34(17-4-1)45-48-46(35-18-5-2-6-19-35)50-47(49-45)39-23-11-22-37(31-39)41-25-13-27-43(42-26-12-21-33-15-9-10-24-40(33)42)44(41)38-29-28-32-14-7-8-20-36(32)30-38/h1-31H. The van der Waals surface area contributed by atoms with E-state index in [1.165, 1.54) is 43.8 Å². The van der Waals surface area contributed by atoms with Gasteiger partial charge in [-0.15, -0.1) is 0 Å². The van der Waals surface area contributed by atoms with Gasteiger partial charge in [0.1, 0.15) is 0 Å². The normalized spacial score (nSPS) is 11.2. The van der Waals surface area contributed by atoms with Crippen molar-refractivity contribution in [3.8, 4) is 67.5 Å². The molecular formula is C47H31N3. The van der Waals surface area contributed by atoms with E-state index in [0.717, 1.165) is 27.8 Å². The van der Waals surface area contributed by atoms with Crippen molar-refractivity contribution < 1.29 is 0 Å². The van der Waals surface area contributed by atoms with Gasteiger partial charge in [0.05, 0.1) is 0 Å². The highest BCUT2D eigenvalue weighted by Crippen LogP contribution is 2.43. The lowest BCUT2D eigenvalue weighted by molar-refractivity contribution is 1.07. The van der Waals surface area contributed by atoms with Crippen LogP contribution in [-0.2, 0) is 0 Å². The quantitative estimate of drug-likeness (QED) is 0.182. The van der Waals surface area contributed by atoms with Gasteiger partial charge in [-0.3, -0.25) is 0 Å². The number of hydrogen-bond acceptors (Lipinski definition) is 3. The van der Waals surface area contributed by atoms with E-state index in [1.807, 2.05) is 60.7 Å². The molecule has 0 bridgehead atoms. The fourth-order valence-corrected chi connectivity index (χ4v) is 6.90. The van der Waals surface area contributed by atoms with Crippen molar-refractivity contribution in [1.29, 1.82) is 0 Å². The number of nitrogens with zero attached hydrogens (tertiary/aromatic N) is 3. The SMILES string of the molecule is c1ccc(-c2nc(-c3ccccc3)nc(-c3cccc(-c4cccc(-c5cccc6ccccc56)c4-c4ccc5ccccc5c4)c3)n2)cc1. The van der Waals surface area contributed by atoms with E-state index in [1.54, 1.807) is 0 Å². The Labute approximate surface area is 291 Å². The molecule has 0 saturated heterocycles. The molecule has 8 aromatic carbocycles. The Hall–Kier alpha value is -6.71. The molecular weight excluding hydrogens is 607 g/mol. The monoisotopic (exact) mass is 637 g/mol. The van der Waals surface area contributed by atoms with Crippen LogP contribution in [-0.4, -0.2) is 15.0 Å². The van der Waals surface area contributed by atoms with Gasteiger partial charge in [0.15, 0.2) is 17.5 Å². The third-order valence-corrected chi connectivity index (χ3v) is 9.31. The summed E-state index contributed by atoms with van der Waals surface area (Å²) in [7, 11) is 0. The Kier molecular flexibility index (Phi) is 7.49. The van der Waals surface area contributed by atoms with Gasteiger partial charge < -0.3 is 0 Å². The minimum absolute atomic E-state index is 0.636. The molecule has 0 aliphatic carbocycles. The van der Waals surface area contributed by atoms with Crippen LogP contribution in [0.5, 0.6) is 0 Å². The highest BCUT2D eigenvalue weighted by Gasteiger charge is 2.18. The third-order valence-electron chi connectivity index (χ3n) is 9.31. The molecule has 0 aliphatic heterocycles. The molecule has 3 heteroatoms. The molecule has 50 heavy (non-hydrogen) atoms. The van der Waals surface area contributed by atoms with Gasteiger partial charge >= 0.3 is 0 Å². The number of benzene rings is 8. The average Bonchev–Trinajstić information content (AvgIpc) is 3.20. The Morgan fingerprint density at radius 3 is 1.50 bits per heavy atom. The number of aromatic nitrogens is 3. The molecule has 1 aromatic heterocycles. The maximum absolute atomic E-state index is 5.03. The lowest BCUT2D eigenvalue weighted by Crippen LogP contribution is -2.00. The molecule has 0 amide bonds. The zero-order valence-corrected chi connectivity index (χ0v) is 27.2. The van der Waals surface area contributed by atoms with E-state index in [-0.39, 0.29) is 0 Å². The highest BCUT2D eigenvalue weighted by atomic mass is 15.0. The van der Waals surface area contributed by atoms with Crippen molar-refractivity contribution in [2.75, 3.05) is 0 Å². The summed E-state index contributed by atoms with van der Waals surface area (Å²) in [5, 5.41) is 4.89. The van der Waals surface area contributed by atoms with Gasteiger partial charge in [-0.2, -0.15) is 0 Å². The molecule has 0 atom stereocenters. The van der Waals surface area contributed by atoms with Gasteiger partial charge in [0, 0.05) is 16.7 Å². The van der Waals surface area contributed by atoms with Gasteiger partial charge in [0.25, 0.3) is 0 Å². The van der Waals surface area contributed by atoms with Gasteiger partial charge in [-0.1, -0.05) is 176 Å². The first-order valence-corrected chi connectivity index (χ1v) is 16.9. The Morgan fingerprint density at radius 1 is 0.260 bits per heavy atom. The average molecular weight is 638 g/mol. The Bertz CT molecular complexity index is 2580. The van der Waals surface area contributed by atoms with E-state index in [0.29, 0.717) is 17.5 Å². The summed E-state index contributed by atoms with van der Waals surface area (Å²) >= 11 is 0. The van der Waals surface area contributed by atoms with E-state index in [2.05, 4.69) is 127 Å². The van der Waals surface area contributed by atoms with Crippen molar-refractivity contribution in [3.05, 3.63) is 188 Å². The maximum Gasteiger partial charge on any atom is 0.164 e. The summed E-state index contributed by atoms with van der Waals surface area (Å²) in [5.74, 6) is 1.93. The second-order valence-corrected chi connectivity index (χ2v) is 12.4. The fraction of sp³-hybridized carbons (Fsp3) is 0. The van der Waals surface area contributed by atoms with Crippen molar-refractivity contribution >= 4 is 21.5 Å². The molecule has 9 aromatic rings.